The highest BCUT2D eigenvalue weighted by atomic mass is 14.3. The van der Waals surface area contributed by atoms with Gasteiger partial charge in [0.25, 0.3) is 0 Å². The Bertz CT molecular complexity index is 129. The third kappa shape index (κ3) is 8.19. The molecular weight excluding hydrogens is 192 g/mol. The monoisotopic (exact) mass is 226 g/mol. The number of hydrogen-bond donors (Lipinski definition) is 0. The summed E-state index contributed by atoms with van der Waals surface area (Å²) in [5, 5.41) is 0. The third-order valence-corrected chi connectivity index (χ3v) is 3.90. The predicted molar refractivity (Wildman–Crippen MR) is 75.9 cm³/mol. The van der Waals surface area contributed by atoms with E-state index in [2.05, 4.69) is 27.7 Å². The molecular formula is C16H34. The van der Waals surface area contributed by atoms with Gasteiger partial charge in [-0.25, -0.2) is 0 Å². The lowest BCUT2D eigenvalue weighted by molar-refractivity contribution is 0.227. The van der Waals surface area contributed by atoms with Gasteiger partial charge in [-0.2, -0.15) is 0 Å². The first-order chi connectivity index (χ1) is 7.68. The molecule has 0 aromatic rings. The zero-order valence-electron chi connectivity index (χ0n) is 12.3. The van der Waals surface area contributed by atoms with E-state index in [1.807, 2.05) is 0 Å². The van der Waals surface area contributed by atoms with Crippen LogP contribution in [-0.4, -0.2) is 0 Å². The van der Waals surface area contributed by atoms with Crippen LogP contribution in [0.15, 0.2) is 0 Å². The number of unbranched alkanes of at least 4 members (excludes halogenated alkanes) is 5. The van der Waals surface area contributed by atoms with E-state index in [4.69, 9.17) is 0 Å². The van der Waals surface area contributed by atoms with Gasteiger partial charge < -0.3 is 0 Å². The molecule has 0 spiro atoms. The lowest BCUT2D eigenvalue weighted by Crippen LogP contribution is -2.16. The molecule has 0 aliphatic rings. The Labute approximate surface area is 104 Å². The molecule has 0 nitrogen and oxygen atoms in total. The fourth-order valence-electron chi connectivity index (χ4n) is 2.56. The Morgan fingerprint density at radius 1 is 0.562 bits per heavy atom. The van der Waals surface area contributed by atoms with E-state index in [0.717, 1.165) is 0 Å². The molecule has 16 heavy (non-hydrogen) atoms. The summed E-state index contributed by atoms with van der Waals surface area (Å²) >= 11 is 0. The summed E-state index contributed by atoms with van der Waals surface area (Å²) in [6, 6.07) is 0. The van der Waals surface area contributed by atoms with Gasteiger partial charge in [0.15, 0.2) is 0 Å². The van der Waals surface area contributed by atoms with E-state index in [1.54, 1.807) is 0 Å². The standard InChI is InChI=1S/C16H34/c1-5-8-11-12-15-16(4,13-9-6-2)14-10-7-3/h5-15H2,1-4H3. The lowest BCUT2D eigenvalue weighted by atomic mass is 9.76. The predicted octanol–water partition coefficient (Wildman–Crippen LogP) is 6.34. The van der Waals surface area contributed by atoms with Gasteiger partial charge in [-0.05, 0) is 24.7 Å². The molecule has 0 N–H and O–H groups in total. The molecule has 0 aliphatic heterocycles. The second kappa shape index (κ2) is 10.2. The maximum Gasteiger partial charge on any atom is -0.0326 e. The first kappa shape index (κ1) is 16.0. The molecule has 0 heterocycles. The molecule has 0 fully saturated rings. The SMILES string of the molecule is CCCCCCC(C)(CCCC)CCCC. The van der Waals surface area contributed by atoms with Crippen LogP contribution in [0, 0.1) is 5.41 Å². The summed E-state index contributed by atoms with van der Waals surface area (Å²) < 4.78 is 0. The van der Waals surface area contributed by atoms with Crippen LogP contribution >= 0.6 is 0 Å². The molecule has 0 saturated carbocycles. The largest absolute Gasteiger partial charge is 0.0654 e. The third-order valence-electron chi connectivity index (χ3n) is 3.90. The fourth-order valence-corrected chi connectivity index (χ4v) is 2.56. The van der Waals surface area contributed by atoms with Crippen molar-refractivity contribution >= 4 is 0 Å². The maximum atomic E-state index is 2.53. The van der Waals surface area contributed by atoms with E-state index in [0.29, 0.717) is 5.41 Å². The van der Waals surface area contributed by atoms with Crippen molar-refractivity contribution in [2.75, 3.05) is 0 Å². The van der Waals surface area contributed by atoms with Crippen LogP contribution in [0.2, 0.25) is 0 Å². The molecule has 0 aliphatic carbocycles. The van der Waals surface area contributed by atoms with Gasteiger partial charge in [-0.15, -0.1) is 0 Å². The molecule has 0 atom stereocenters. The molecule has 0 saturated heterocycles. The van der Waals surface area contributed by atoms with Crippen LogP contribution in [0.4, 0.5) is 0 Å². The van der Waals surface area contributed by atoms with E-state index < -0.39 is 0 Å². The Hall–Kier alpha value is 0. The topological polar surface area (TPSA) is 0 Å². The quantitative estimate of drug-likeness (QED) is 0.360. The molecule has 0 bridgehead atoms. The number of hydrogen-bond acceptors (Lipinski definition) is 0. The van der Waals surface area contributed by atoms with Crippen LogP contribution in [-0.2, 0) is 0 Å². The van der Waals surface area contributed by atoms with Gasteiger partial charge in [0.2, 0.25) is 0 Å². The second-order valence-corrected chi connectivity index (χ2v) is 5.83. The summed E-state index contributed by atoms with van der Waals surface area (Å²) in [5.41, 5.74) is 0.653. The molecule has 0 unspecified atom stereocenters. The minimum absolute atomic E-state index is 0.653. The highest BCUT2D eigenvalue weighted by Gasteiger charge is 2.22. The Balaban J connectivity index is 3.86. The Morgan fingerprint density at radius 3 is 1.44 bits per heavy atom. The van der Waals surface area contributed by atoms with Crippen LogP contribution in [0.5, 0.6) is 0 Å². The van der Waals surface area contributed by atoms with Crippen molar-refractivity contribution in [2.24, 2.45) is 5.41 Å². The Kier molecular flexibility index (Phi) is 10.2. The average molecular weight is 226 g/mol. The minimum Gasteiger partial charge on any atom is -0.0654 e. The molecule has 0 heteroatoms. The van der Waals surface area contributed by atoms with Crippen LogP contribution in [0.25, 0.3) is 0 Å². The fraction of sp³-hybridized carbons (Fsp3) is 1.00. The van der Waals surface area contributed by atoms with Crippen LogP contribution in [0.1, 0.15) is 98.3 Å². The molecule has 0 rings (SSSR count). The van der Waals surface area contributed by atoms with E-state index in [9.17, 15) is 0 Å². The lowest BCUT2D eigenvalue weighted by Gasteiger charge is -2.30. The first-order valence-corrected chi connectivity index (χ1v) is 7.68. The highest BCUT2D eigenvalue weighted by Crippen LogP contribution is 2.36. The first-order valence-electron chi connectivity index (χ1n) is 7.68. The van der Waals surface area contributed by atoms with E-state index in [1.165, 1.54) is 70.6 Å². The normalized spacial score (nSPS) is 12.0. The molecule has 0 aromatic carbocycles. The second-order valence-electron chi connectivity index (χ2n) is 5.83. The van der Waals surface area contributed by atoms with Crippen molar-refractivity contribution in [3.8, 4) is 0 Å². The van der Waals surface area contributed by atoms with Crippen molar-refractivity contribution in [3.05, 3.63) is 0 Å². The summed E-state index contributed by atoms with van der Waals surface area (Å²) in [7, 11) is 0. The zero-order valence-corrected chi connectivity index (χ0v) is 12.3. The smallest absolute Gasteiger partial charge is 0.0326 e. The summed E-state index contributed by atoms with van der Waals surface area (Å²) in [6.45, 7) is 9.46. The molecule has 0 aromatic heterocycles. The van der Waals surface area contributed by atoms with Gasteiger partial charge in [-0.1, -0.05) is 79.1 Å². The summed E-state index contributed by atoms with van der Waals surface area (Å²) in [5.74, 6) is 0. The van der Waals surface area contributed by atoms with Gasteiger partial charge in [-0.3, -0.25) is 0 Å². The van der Waals surface area contributed by atoms with Crippen molar-refractivity contribution in [1.82, 2.24) is 0 Å². The highest BCUT2D eigenvalue weighted by molar-refractivity contribution is 4.74. The summed E-state index contributed by atoms with van der Waals surface area (Å²) in [4.78, 5) is 0. The van der Waals surface area contributed by atoms with E-state index in [-0.39, 0.29) is 0 Å². The van der Waals surface area contributed by atoms with Crippen molar-refractivity contribution in [1.29, 1.82) is 0 Å². The average Bonchev–Trinajstić information content (AvgIpc) is 2.30. The molecule has 98 valence electrons. The molecule has 0 radical (unpaired) electrons. The minimum atomic E-state index is 0.653. The zero-order chi connectivity index (χ0) is 12.3. The number of rotatable bonds is 11. The molecule has 0 amide bonds. The van der Waals surface area contributed by atoms with Crippen LogP contribution in [0.3, 0.4) is 0 Å². The van der Waals surface area contributed by atoms with Crippen LogP contribution < -0.4 is 0 Å². The van der Waals surface area contributed by atoms with E-state index >= 15 is 0 Å². The maximum absolute atomic E-state index is 2.53. The van der Waals surface area contributed by atoms with Gasteiger partial charge in [0, 0.05) is 0 Å². The van der Waals surface area contributed by atoms with Crippen molar-refractivity contribution < 1.29 is 0 Å². The summed E-state index contributed by atoms with van der Waals surface area (Å²) in [6.07, 6.45) is 15.6. The van der Waals surface area contributed by atoms with Crippen molar-refractivity contribution in [3.63, 3.8) is 0 Å². The van der Waals surface area contributed by atoms with Crippen molar-refractivity contribution in [2.45, 2.75) is 98.3 Å². The Morgan fingerprint density at radius 2 is 1.00 bits per heavy atom. The van der Waals surface area contributed by atoms with Gasteiger partial charge >= 0.3 is 0 Å². The van der Waals surface area contributed by atoms with Gasteiger partial charge in [0.05, 0.1) is 0 Å². The van der Waals surface area contributed by atoms with Gasteiger partial charge in [0.1, 0.15) is 0 Å².